The Kier molecular flexibility index (Phi) is 5.86. The maximum Gasteiger partial charge on any atom is 0.416 e. The van der Waals surface area contributed by atoms with Gasteiger partial charge >= 0.3 is 12.2 Å². The van der Waals surface area contributed by atoms with Crippen LogP contribution < -0.4 is 16.0 Å². The van der Waals surface area contributed by atoms with E-state index in [0.29, 0.717) is 5.69 Å². The van der Waals surface area contributed by atoms with Gasteiger partial charge in [-0.3, -0.25) is 4.79 Å². The minimum Gasteiger partial charge on any atom is -0.331 e. The Morgan fingerprint density at radius 2 is 1.58 bits per heavy atom. The highest BCUT2D eigenvalue weighted by Gasteiger charge is 2.30. The third-order valence-electron chi connectivity index (χ3n) is 3.50. The average Bonchev–Trinajstić information content (AvgIpc) is 2.53. The van der Waals surface area contributed by atoms with Crippen molar-refractivity contribution in [2.75, 3.05) is 10.6 Å². The van der Waals surface area contributed by atoms with E-state index in [4.69, 9.17) is 0 Å². The highest BCUT2D eigenvalue weighted by molar-refractivity contribution is 5.90. The van der Waals surface area contributed by atoms with Crippen LogP contribution in [-0.4, -0.2) is 11.9 Å². The van der Waals surface area contributed by atoms with Gasteiger partial charge in [-0.05, 0) is 42.8 Å². The summed E-state index contributed by atoms with van der Waals surface area (Å²) < 4.78 is 38.1. The number of hydrogen-bond donors (Lipinski definition) is 3. The summed E-state index contributed by atoms with van der Waals surface area (Å²) in [6.07, 6.45) is -4.48. The van der Waals surface area contributed by atoms with Crippen LogP contribution in [0.4, 0.5) is 29.3 Å². The summed E-state index contributed by atoms with van der Waals surface area (Å²) in [4.78, 5) is 23.1. The first kappa shape index (κ1) is 19.3. The molecule has 8 heteroatoms. The van der Waals surface area contributed by atoms with Crippen LogP contribution in [0.15, 0.2) is 48.5 Å². The first-order valence-corrected chi connectivity index (χ1v) is 7.77. The van der Waals surface area contributed by atoms with Gasteiger partial charge in [-0.1, -0.05) is 18.2 Å². The normalized spacial score (nSPS) is 12.2. The quantitative estimate of drug-likeness (QED) is 0.744. The van der Waals surface area contributed by atoms with Crippen molar-refractivity contribution in [3.05, 3.63) is 59.7 Å². The Morgan fingerprint density at radius 3 is 2.19 bits per heavy atom. The minimum absolute atomic E-state index is 0.0384. The van der Waals surface area contributed by atoms with Crippen LogP contribution in [0, 0.1) is 0 Å². The number of alkyl halides is 3. The molecule has 0 saturated heterocycles. The Balaban J connectivity index is 2.02. The maximum absolute atomic E-state index is 12.7. The molecule has 0 spiro atoms. The van der Waals surface area contributed by atoms with Gasteiger partial charge in [0.25, 0.3) is 0 Å². The molecule has 0 aromatic heterocycles. The Bertz CT molecular complexity index is 806. The molecule has 2 aromatic rings. The molecule has 0 bridgehead atoms. The predicted octanol–water partition coefficient (Wildman–Crippen LogP) is 4.55. The summed E-state index contributed by atoms with van der Waals surface area (Å²) in [5, 5.41) is 7.66. The number of halogens is 3. The van der Waals surface area contributed by atoms with Gasteiger partial charge < -0.3 is 16.0 Å². The van der Waals surface area contributed by atoms with Crippen LogP contribution in [0.2, 0.25) is 0 Å². The zero-order valence-corrected chi connectivity index (χ0v) is 14.1. The van der Waals surface area contributed by atoms with Gasteiger partial charge in [-0.15, -0.1) is 0 Å². The molecule has 26 heavy (non-hydrogen) atoms. The van der Waals surface area contributed by atoms with Crippen molar-refractivity contribution in [1.82, 2.24) is 5.32 Å². The van der Waals surface area contributed by atoms with Gasteiger partial charge in [0.05, 0.1) is 11.6 Å². The molecule has 3 N–H and O–H groups in total. The summed E-state index contributed by atoms with van der Waals surface area (Å²) in [5.74, 6) is -0.218. The SMILES string of the molecule is CC(=O)Nc1cccc([C@H](C)NC(=O)Nc2cccc(C(F)(F)F)c2)c1. The lowest BCUT2D eigenvalue weighted by Gasteiger charge is -2.16. The van der Waals surface area contributed by atoms with Crippen molar-refractivity contribution in [1.29, 1.82) is 0 Å². The van der Waals surface area contributed by atoms with Crippen LogP contribution >= 0.6 is 0 Å². The van der Waals surface area contributed by atoms with Crippen molar-refractivity contribution in [2.24, 2.45) is 0 Å². The second-order valence-electron chi connectivity index (χ2n) is 5.71. The molecule has 0 aliphatic heterocycles. The molecule has 0 aliphatic rings. The number of amides is 3. The second kappa shape index (κ2) is 7.90. The van der Waals surface area contributed by atoms with E-state index in [2.05, 4.69) is 16.0 Å². The van der Waals surface area contributed by atoms with Gasteiger partial charge in [0.2, 0.25) is 5.91 Å². The van der Waals surface area contributed by atoms with E-state index >= 15 is 0 Å². The van der Waals surface area contributed by atoms with Crippen molar-refractivity contribution < 1.29 is 22.8 Å². The van der Waals surface area contributed by atoms with Crippen molar-refractivity contribution >= 4 is 23.3 Å². The van der Waals surface area contributed by atoms with Crippen molar-refractivity contribution in [3.8, 4) is 0 Å². The highest BCUT2D eigenvalue weighted by atomic mass is 19.4. The first-order valence-electron chi connectivity index (χ1n) is 7.77. The van der Waals surface area contributed by atoms with Crippen LogP contribution in [0.25, 0.3) is 0 Å². The molecule has 0 radical (unpaired) electrons. The Labute approximate surface area is 148 Å². The minimum atomic E-state index is -4.48. The molecule has 2 aromatic carbocycles. The highest BCUT2D eigenvalue weighted by Crippen LogP contribution is 2.30. The van der Waals surface area contributed by atoms with E-state index in [-0.39, 0.29) is 11.6 Å². The van der Waals surface area contributed by atoms with E-state index < -0.39 is 23.8 Å². The van der Waals surface area contributed by atoms with Gasteiger partial charge in [-0.2, -0.15) is 13.2 Å². The second-order valence-corrected chi connectivity index (χ2v) is 5.71. The van der Waals surface area contributed by atoms with Gasteiger partial charge in [0, 0.05) is 18.3 Å². The fourth-order valence-electron chi connectivity index (χ4n) is 2.31. The molecule has 2 rings (SSSR count). The lowest BCUT2D eigenvalue weighted by Crippen LogP contribution is -2.31. The third kappa shape index (κ3) is 5.51. The van der Waals surface area contributed by atoms with Crippen LogP contribution in [0.1, 0.15) is 31.0 Å². The zero-order chi connectivity index (χ0) is 19.3. The molecular weight excluding hydrogens is 347 g/mol. The van der Waals surface area contributed by atoms with Gasteiger partial charge in [-0.25, -0.2) is 4.79 Å². The number of carbonyl (C=O) groups is 2. The van der Waals surface area contributed by atoms with Crippen LogP contribution in [0.3, 0.4) is 0 Å². The smallest absolute Gasteiger partial charge is 0.331 e. The molecule has 0 unspecified atom stereocenters. The topological polar surface area (TPSA) is 70.2 Å². The summed E-state index contributed by atoms with van der Waals surface area (Å²) in [5.41, 5.74) is 0.514. The molecule has 138 valence electrons. The fraction of sp³-hybridized carbons (Fsp3) is 0.222. The van der Waals surface area contributed by atoms with Crippen molar-refractivity contribution in [2.45, 2.75) is 26.1 Å². The number of urea groups is 1. The standard InChI is InChI=1S/C18H18F3N3O2/c1-11(13-5-3-7-15(9-13)23-12(2)25)22-17(26)24-16-8-4-6-14(10-16)18(19,20)21/h3-11H,1-2H3,(H,23,25)(H2,22,24,26)/t11-/m0/s1. The molecule has 0 heterocycles. The number of rotatable bonds is 4. The van der Waals surface area contributed by atoms with Crippen LogP contribution in [0.5, 0.6) is 0 Å². The summed E-state index contributed by atoms with van der Waals surface area (Å²) in [6.45, 7) is 3.11. The predicted molar refractivity (Wildman–Crippen MR) is 92.8 cm³/mol. The summed E-state index contributed by atoms with van der Waals surface area (Å²) in [7, 11) is 0. The van der Waals surface area contributed by atoms with E-state index in [1.807, 2.05) is 0 Å². The Morgan fingerprint density at radius 1 is 0.962 bits per heavy atom. The number of carbonyl (C=O) groups excluding carboxylic acids is 2. The lowest BCUT2D eigenvalue weighted by molar-refractivity contribution is -0.137. The maximum atomic E-state index is 12.7. The molecule has 3 amide bonds. The van der Waals surface area contributed by atoms with Crippen LogP contribution in [-0.2, 0) is 11.0 Å². The number of anilines is 2. The largest absolute Gasteiger partial charge is 0.416 e. The molecule has 0 aliphatic carbocycles. The summed E-state index contributed by atoms with van der Waals surface area (Å²) in [6, 6.07) is 10.2. The molecule has 0 fully saturated rings. The number of benzene rings is 2. The van der Waals surface area contributed by atoms with Gasteiger partial charge in [0.15, 0.2) is 0 Å². The Hall–Kier alpha value is -3.03. The van der Waals surface area contributed by atoms with E-state index in [9.17, 15) is 22.8 Å². The molecule has 1 atom stereocenters. The molecule has 5 nitrogen and oxygen atoms in total. The first-order chi connectivity index (χ1) is 12.1. The average molecular weight is 365 g/mol. The van der Waals surface area contributed by atoms with E-state index in [1.165, 1.54) is 19.1 Å². The number of nitrogens with one attached hydrogen (secondary N) is 3. The van der Waals surface area contributed by atoms with E-state index in [0.717, 1.165) is 17.7 Å². The summed E-state index contributed by atoms with van der Waals surface area (Å²) >= 11 is 0. The zero-order valence-electron chi connectivity index (χ0n) is 14.1. The lowest BCUT2D eigenvalue weighted by atomic mass is 10.1. The van der Waals surface area contributed by atoms with Gasteiger partial charge in [0.1, 0.15) is 0 Å². The fourth-order valence-corrected chi connectivity index (χ4v) is 2.31. The van der Waals surface area contributed by atoms with Crippen molar-refractivity contribution in [3.63, 3.8) is 0 Å². The monoisotopic (exact) mass is 365 g/mol. The number of hydrogen-bond acceptors (Lipinski definition) is 2. The molecule has 0 saturated carbocycles. The van der Waals surface area contributed by atoms with E-state index in [1.54, 1.807) is 31.2 Å². The molecular formula is C18H18F3N3O2. The third-order valence-corrected chi connectivity index (χ3v) is 3.50.